The van der Waals surface area contributed by atoms with Crippen LogP contribution in [0.2, 0.25) is 0 Å². The van der Waals surface area contributed by atoms with Gasteiger partial charge in [0.25, 0.3) is 0 Å². The highest BCUT2D eigenvalue weighted by atomic mass is 16.5. The zero-order chi connectivity index (χ0) is 23.1. The van der Waals surface area contributed by atoms with Crippen LogP contribution in [0.5, 0.6) is 0 Å². The van der Waals surface area contributed by atoms with Gasteiger partial charge in [-0.05, 0) is 111 Å². The van der Waals surface area contributed by atoms with E-state index in [4.69, 9.17) is 19.6 Å². The normalized spacial score (nSPS) is 44.8. The Bertz CT molecular complexity index is 783. The van der Waals surface area contributed by atoms with E-state index in [1.165, 1.54) is 37.7 Å². The van der Waals surface area contributed by atoms with Gasteiger partial charge in [0.05, 0.1) is 37.4 Å². The summed E-state index contributed by atoms with van der Waals surface area (Å²) in [6.45, 7) is 7.71. The summed E-state index contributed by atoms with van der Waals surface area (Å²) in [5.74, 6) is 2.21. The molecule has 1 aromatic rings. The Morgan fingerprint density at radius 2 is 1.91 bits per heavy atom. The molecule has 0 spiro atoms. The number of furan rings is 1. The maximum atomic E-state index is 12.3. The first kappa shape index (κ1) is 23.8. The van der Waals surface area contributed by atoms with Crippen molar-refractivity contribution in [2.45, 2.75) is 95.7 Å². The van der Waals surface area contributed by atoms with Crippen LogP contribution in [0.1, 0.15) is 89.5 Å². The lowest BCUT2D eigenvalue weighted by atomic mass is 9.43. The average Bonchev–Trinajstić information content (AvgIpc) is 3.42. The zero-order valence-corrected chi connectivity index (χ0v) is 20.8. The lowest BCUT2D eigenvalue weighted by molar-refractivity contribution is -0.207. The van der Waals surface area contributed by atoms with Crippen molar-refractivity contribution >= 4 is 0 Å². The fourth-order valence-corrected chi connectivity index (χ4v) is 8.91. The topological polar surface area (TPSA) is 77.9 Å². The number of hydrogen-bond donors (Lipinski definition) is 2. The maximum absolute atomic E-state index is 12.3. The molecule has 0 aromatic carbocycles. The summed E-state index contributed by atoms with van der Waals surface area (Å²) in [4.78, 5) is 0. The molecule has 0 bridgehead atoms. The van der Waals surface area contributed by atoms with Crippen LogP contribution >= 0.6 is 0 Å². The van der Waals surface area contributed by atoms with E-state index in [1.807, 2.05) is 6.26 Å². The van der Waals surface area contributed by atoms with Gasteiger partial charge in [-0.2, -0.15) is 0 Å². The molecule has 33 heavy (non-hydrogen) atoms. The number of nitrogens with two attached hydrogens (primary N) is 1. The van der Waals surface area contributed by atoms with Gasteiger partial charge >= 0.3 is 0 Å². The van der Waals surface area contributed by atoms with E-state index >= 15 is 0 Å². The molecule has 0 radical (unpaired) electrons. The Balaban J connectivity index is 1.24. The molecule has 4 fully saturated rings. The third-order valence-electron chi connectivity index (χ3n) is 10.8. The van der Waals surface area contributed by atoms with Crippen LogP contribution in [0, 0.1) is 28.6 Å². The highest BCUT2D eigenvalue weighted by Gasteiger charge is 2.67. The minimum Gasteiger partial charge on any atom is -0.472 e. The molecule has 0 amide bonds. The van der Waals surface area contributed by atoms with Gasteiger partial charge in [0.2, 0.25) is 0 Å². The minimum absolute atomic E-state index is 0.0363. The molecule has 5 heteroatoms. The van der Waals surface area contributed by atoms with Gasteiger partial charge in [0.15, 0.2) is 0 Å². The Hall–Kier alpha value is -0.880. The van der Waals surface area contributed by atoms with Gasteiger partial charge in [-0.3, -0.25) is 0 Å². The van der Waals surface area contributed by atoms with E-state index in [0.717, 1.165) is 44.6 Å². The molecule has 0 aliphatic heterocycles. The predicted octanol–water partition coefficient (Wildman–Crippen LogP) is 5.27. The fraction of sp³-hybridized carbons (Fsp3) is 0.857. The minimum atomic E-state index is -0.542. The maximum Gasteiger partial charge on any atom is 0.0937 e. The lowest BCUT2D eigenvalue weighted by Gasteiger charge is -2.63. The highest BCUT2D eigenvalue weighted by molar-refractivity contribution is 5.26. The van der Waals surface area contributed by atoms with Crippen LogP contribution in [-0.2, 0) is 9.47 Å². The van der Waals surface area contributed by atoms with Gasteiger partial charge in [0, 0.05) is 12.0 Å². The molecule has 5 rings (SSSR count). The Morgan fingerprint density at radius 1 is 1.03 bits per heavy atom. The molecular formula is C28H45NO4. The number of aliphatic hydroxyl groups is 1. The highest BCUT2D eigenvalue weighted by Crippen LogP contribution is 2.70. The first-order chi connectivity index (χ1) is 15.9. The quantitative estimate of drug-likeness (QED) is 0.518. The van der Waals surface area contributed by atoms with Crippen molar-refractivity contribution < 1.29 is 19.0 Å². The van der Waals surface area contributed by atoms with Crippen molar-refractivity contribution in [2.24, 2.45) is 34.3 Å². The van der Waals surface area contributed by atoms with Gasteiger partial charge in [-0.1, -0.05) is 13.8 Å². The van der Waals surface area contributed by atoms with Crippen molar-refractivity contribution in [3.8, 4) is 0 Å². The first-order valence-corrected chi connectivity index (χ1v) is 13.6. The standard InChI is InChI=1S/C28H45NO4/c1-26-10-6-22(33-17-16-31-14-3-13-29)18-21(26)4-5-25-24(26)7-11-27(2)23(8-12-28(25,27)30)20-9-15-32-19-20/h9,15,19,21-25,30H,3-8,10-14,16-18,29H2,1-2H3/t21?,22?,23?,24-,25-,26+,27-,28-/m1/s1. The molecule has 1 heterocycles. The van der Waals surface area contributed by atoms with E-state index in [2.05, 4.69) is 19.9 Å². The van der Waals surface area contributed by atoms with Crippen LogP contribution < -0.4 is 5.73 Å². The third kappa shape index (κ3) is 3.91. The van der Waals surface area contributed by atoms with E-state index in [9.17, 15) is 5.11 Å². The second kappa shape index (κ2) is 9.29. The monoisotopic (exact) mass is 459 g/mol. The summed E-state index contributed by atoms with van der Waals surface area (Å²) in [5.41, 5.74) is 6.57. The van der Waals surface area contributed by atoms with Crippen LogP contribution in [0.4, 0.5) is 0 Å². The summed E-state index contributed by atoms with van der Waals surface area (Å²) >= 11 is 0. The lowest BCUT2D eigenvalue weighted by Crippen LogP contribution is -2.62. The fourth-order valence-electron chi connectivity index (χ4n) is 8.91. The predicted molar refractivity (Wildman–Crippen MR) is 129 cm³/mol. The SMILES string of the molecule is C[C@]12CCC(OCCOCCCN)CC1CC[C@@H]1[C@H]2CC[C@]2(C)C(c3ccoc3)CC[C@@]12O. The van der Waals surface area contributed by atoms with E-state index < -0.39 is 5.60 Å². The van der Waals surface area contributed by atoms with Crippen molar-refractivity contribution in [3.05, 3.63) is 24.2 Å². The molecule has 3 N–H and O–H groups in total. The van der Waals surface area contributed by atoms with Gasteiger partial charge < -0.3 is 24.7 Å². The van der Waals surface area contributed by atoms with Crippen LogP contribution in [0.25, 0.3) is 0 Å². The molecule has 4 aliphatic rings. The number of rotatable bonds is 8. The van der Waals surface area contributed by atoms with Crippen LogP contribution in [0.3, 0.4) is 0 Å². The van der Waals surface area contributed by atoms with Gasteiger partial charge in [-0.15, -0.1) is 0 Å². The summed E-state index contributed by atoms with van der Waals surface area (Å²) in [6.07, 6.45) is 15.4. The second-order valence-electron chi connectivity index (χ2n) is 12.0. The average molecular weight is 460 g/mol. The third-order valence-corrected chi connectivity index (χ3v) is 10.8. The Morgan fingerprint density at radius 3 is 2.70 bits per heavy atom. The van der Waals surface area contributed by atoms with Crippen molar-refractivity contribution in [1.29, 1.82) is 0 Å². The molecule has 0 saturated heterocycles. The van der Waals surface area contributed by atoms with Crippen molar-refractivity contribution in [1.82, 2.24) is 0 Å². The first-order valence-electron chi connectivity index (χ1n) is 13.6. The molecule has 1 aromatic heterocycles. The summed E-state index contributed by atoms with van der Waals surface area (Å²) in [7, 11) is 0. The van der Waals surface area contributed by atoms with E-state index in [0.29, 0.717) is 49.0 Å². The van der Waals surface area contributed by atoms with Gasteiger partial charge in [0.1, 0.15) is 0 Å². The zero-order valence-electron chi connectivity index (χ0n) is 20.8. The number of hydrogen-bond acceptors (Lipinski definition) is 5. The Labute approximate surface area is 199 Å². The molecule has 186 valence electrons. The summed E-state index contributed by atoms with van der Waals surface area (Å²) in [5, 5.41) is 12.3. The summed E-state index contributed by atoms with van der Waals surface area (Å²) in [6, 6.07) is 2.12. The molecule has 5 nitrogen and oxygen atoms in total. The molecule has 3 unspecified atom stereocenters. The molecular weight excluding hydrogens is 414 g/mol. The summed E-state index contributed by atoms with van der Waals surface area (Å²) < 4.78 is 17.3. The van der Waals surface area contributed by atoms with Gasteiger partial charge in [-0.25, -0.2) is 0 Å². The van der Waals surface area contributed by atoms with E-state index in [-0.39, 0.29) is 5.41 Å². The molecule has 8 atom stereocenters. The number of fused-ring (bicyclic) bond motifs is 5. The molecule has 4 saturated carbocycles. The van der Waals surface area contributed by atoms with E-state index in [1.54, 1.807) is 6.26 Å². The molecule has 4 aliphatic carbocycles. The van der Waals surface area contributed by atoms with Crippen molar-refractivity contribution in [2.75, 3.05) is 26.4 Å². The second-order valence-corrected chi connectivity index (χ2v) is 12.0. The number of ether oxygens (including phenoxy) is 2. The van der Waals surface area contributed by atoms with Crippen LogP contribution in [0.15, 0.2) is 23.0 Å². The van der Waals surface area contributed by atoms with Crippen LogP contribution in [-0.4, -0.2) is 43.2 Å². The Kier molecular flexibility index (Phi) is 6.71. The largest absolute Gasteiger partial charge is 0.472 e. The smallest absolute Gasteiger partial charge is 0.0937 e. The van der Waals surface area contributed by atoms with Crippen molar-refractivity contribution in [3.63, 3.8) is 0 Å².